The number of hydrogen-bond acceptors (Lipinski definition) is 6. The van der Waals surface area contributed by atoms with Crippen molar-refractivity contribution < 1.29 is 37.3 Å². The molecule has 0 aromatic heterocycles. The Morgan fingerprint density at radius 1 is 0.468 bits per heavy atom. The van der Waals surface area contributed by atoms with Gasteiger partial charge in [-0.25, -0.2) is 4.57 Å². The number of amides is 1. The van der Waals surface area contributed by atoms with Crippen LogP contribution in [0.3, 0.4) is 0 Å². The highest BCUT2D eigenvalue weighted by atomic mass is 31.2. The van der Waals surface area contributed by atoms with Gasteiger partial charge in [0, 0.05) is 12.8 Å². The van der Waals surface area contributed by atoms with Crippen LogP contribution in [0, 0.1) is 0 Å². The Labute approximate surface area is 473 Å². The molecule has 0 aromatic rings. The van der Waals surface area contributed by atoms with Crippen LogP contribution in [0.4, 0.5) is 0 Å². The van der Waals surface area contributed by atoms with Crippen molar-refractivity contribution in [1.29, 1.82) is 0 Å². The molecule has 0 aliphatic heterocycles. The smallest absolute Gasteiger partial charge is 0.456 e. The van der Waals surface area contributed by atoms with Gasteiger partial charge in [0.25, 0.3) is 0 Å². The summed E-state index contributed by atoms with van der Waals surface area (Å²) in [5, 5.41) is 3.02. The number of unbranched alkanes of at least 4 members (excludes halogenated alkanes) is 17. The van der Waals surface area contributed by atoms with Crippen LogP contribution in [-0.4, -0.2) is 74.3 Å². The summed E-state index contributed by atoms with van der Waals surface area (Å²) in [7, 11) is 1.44. The summed E-state index contributed by atoms with van der Waals surface area (Å²) >= 11 is 0. The Morgan fingerprint density at radius 3 is 1.26 bits per heavy atom. The Morgan fingerprint density at radius 2 is 0.831 bits per heavy atom. The predicted molar refractivity (Wildman–Crippen MR) is 332 cm³/mol. The van der Waals surface area contributed by atoms with Gasteiger partial charge in [0.15, 0.2) is 0 Å². The molecule has 3 atom stereocenters. The number of allylic oxidation sites excluding steroid dienone is 21. The van der Waals surface area contributed by atoms with Gasteiger partial charge in [0.2, 0.25) is 5.91 Å². The molecule has 0 spiro atoms. The maximum Gasteiger partial charge on any atom is 0.472 e. The summed E-state index contributed by atoms with van der Waals surface area (Å²) < 4.78 is 30.6. The molecule has 0 aromatic carbocycles. The monoisotopic (exact) mass is 1090 g/mol. The van der Waals surface area contributed by atoms with Crippen molar-refractivity contribution in [2.45, 2.75) is 238 Å². The lowest BCUT2D eigenvalue weighted by atomic mass is 10.1. The lowest BCUT2D eigenvalue weighted by molar-refractivity contribution is -0.870. The average Bonchev–Trinajstić information content (AvgIpc) is 3.39. The number of hydrogen-bond donors (Lipinski definition) is 2. The second-order valence-corrected chi connectivity index (χ2v) is 22.6. The van der Waals surface area contributed by atoms with E-state index in [4.69, 9.17) is 13.8 Å². The fourth-order valence-electron chi connectivity index (χ4n) is 7.93. The van der Waals surface area contributed by atoms with Crippen molar-refractivity contribution in [2.24, 2.45) is 0 Å². The number of likely N-dealkylation sites (N-methyl/N-ethyl adjacent to an activating group) is 1. The highest BCUT2D eigenvalue weighted by Gasteiger charge is 2.30. The third kappa shape index (κ3) is 56.7. The van der Waals surface area contributed by atoms with Crippen LogP contribution in [0.5, 0.6) is 0 Å². The fourth-order valence-corrected chi connectivity index (χ4v) is 8.67. The van der Waals surface area contributed by atoms with Gasteiger partial charge in [0.1, 0.15) is 19.3 Å². The molecule has 1 amide bonds. The van der Waals surface area contributed by atoms with Crippen LogP contribution in [0.1, 0.15) is 226 Å². The minimum Gasteiger partial charge on any atom is -0.456 e. The summed E-state index contributed by atoms with van der Waals surface area (Å²) in [6.07, 6.45) is 78.8. The van der Waals surface area contributed by atoms with Gasteiger partial charge < -0.3 is 19.4 Å². The highest BCUT2D eigenvalue weighted by Crippen LogP contribution is 2.43. The Balaban J connectivity index is 5.37. The lowest BCUT2D eigenvalue weighted by Gasteiger charge is -2.27. The van der Waals surface area contributed by atoms with Crippen molar-refractivity contribution >= 4 is 19.7 Å². The second-order valence-electron chi connectivity index (χ2n) is 21.1. The Bertz CT molecular complexity index is 1780. The summed E-state index contributed by atoms with van der Waals surface area (Å²) in [5.74, 6) is -0.582. The van der Waals surface area contributed by atoms with Crippen molar-refractivity contribution in [3.8, 4) is 0 Å². The molecule has 0 saturated carbocycles. The quantitative estimate of drug-likeness (QED) is 0.0205. The van der Waals surface area contributed by atoms with Gasteiger partial charge in [-0.05, 0) is 122 Å². The zero-order valence-corrected chi connectivity index (χ0v) is 50.8. The first kappa shape index (κ1) is 73.2. The SMILES string of the molecule is CC/C=C\C/C=C\C/C=C\C/C=C\C/C=C\C/C=C\CCCCCCC(=O)OC(/C=C\CCCCCCCCCCCC)C(COP(=O)(O)OCC[N+](C)(C)C)NC(=O)CCCCC/C=C/C/C=C/C/C=C/C/C=C/CC. The van der Waals surface area contributed by atoms with Gasteiger partial charge >= 0.3 is 13.8 Å². The molecule has 0 fully saturated rings. The molecule has 10 heteroatoms. The van der Waals surface area contributed by atoms with Crippen LogP contribution in [0.15, 0.2) is 134 Å². The van der Waals surface area contributed by atoms with Gasteiger partial charge in [-0.15, -0.1) is 0 Å². The number of carbonyl (C=O) groups excluding carboxylic acids is 2. The molecule has 3 unspecified atom stereocenters. The first-order chi connectivity index (χ1) is 37.4. The summed E-state index contributed by atoms with van der Waals surface area (Å²) in [4.78, 5) is 37.7. The summed E-state index contributed by atoms with van der Waals surface area (Å²) in [6, 6.07) is -0.886. The van der Waals surface area contributed by atoms with E-state index in [0.29, 0.717) is 23.9 Å². The van der Waals surface area contributed by atoms with Crippen molar-refractivity contribution in [3.63, 3.8) is 0 Å². The molecule has 0 aliphatic carbocycles. The molecule has 0 aliphatic rings. The van der Waals surface area contributed by atoms with E-state index in [-0.39, 0.29) is 37.9 Å². The van der Waals surface area contributed by atoms with Gasteiger partial charge in [0.05, 0.1) is 33.8 Å². The van der Waals surface area contributed by atoms with Crippen LogP contribution >= 0.6 is 7.82 Å². The number of phosphoric acid groups is 1. The molecule has 438 valence electrons. The lowest BCUT2D eigenvalue weighted by Crippen LogP contribution is -2.47. The first-order valence-corrected chi connectivity index (χ1v) is 32.0. The first-order valence-electron chi connectivity index (χ1n) is 30.5. The molecule has 0 saturated heterocycles. The zero-order valence-electron chi connectivity index (χ0n) is 49.9. The second kappa shape index (κ2) is 55.5. The van der Waals surface area contributed by atoms with E-state index in [1.165, 1.54) is 51.4 Å². The van der Waals surface area contributed by atoms with Gasteiger partial charge in [-0.2, -0.15) is 0 Å². The molecular weight excluding hydrogens is 976 g/mol. The van der Waals surface area contributed by atoms with E-state index in [2.05, 4.69) is 148 Å². The van der Waals surface area contributed by atoms with Crippen LogP contribution in [-0.2, 0) is 27.9 Å². The average molecular weight is 1090 g/mol. The molecule has 0 heterocycles. The topological polar surface area (TPSA) is 111 Å². The number of nitrogens with zero attached hydrogens (tertiary/aromatic N) is 1. The molecular formula is C67H114N2O7P+. The normalized spacial score (nSPS) is 14.6. The third-order valence-electron chi connectivity index (χ3n) is 12.6. The maximum absolute atomic E-state index is 13.5. The summed E-state index contributed by atoms with van der Waals surface area (Å²) in [6.45, 7) is 6.71. The Kier molecular flexibility index (Phi) is 52.7. The van der Waals surface area contributed by atoms with E-state index < -0.39 is 20.0 Å². The maximum atomic E-state index is 13.5. The van der Waals surface area contributed by atoms with Crippen molar-refractivity contribution in [1.82, 2.24) is 5.32 Å². The van der Waals surface area contributed by atoms with Gasteiger partial charge in [-0.1, -0.05) is 225 Å². The molecule has 0 rings (SSSR count). The molecule has 9 nitrogen and oxygen atoms in total. The van der Waals surface area contributed by atoms with Crippen LogP contribution in [0.25, 0.3) is 0 Å². The number of esters is 1. The van der Waals surface area contributed by atoms with E-state index in [0.717, 1.165) is 128 Å². The molecule has 77 heavy (non-hydrogen) atoms. The zero-order chi connectivity index (χ0) is 56.4. The minimum atomic E-state index is -4.47. The Hall–Kier alpha value is -3.85. The molecule has 0 bridgehead atoms. The number of carbonyl (C=O) groups is 2. The van der Waals surface area contributed by atoms with Crippen LogP contribution in [0.2, 0.25) is 0 Å². The van der Waals surface area contributed by atoms with E-state index >= 15 is 0 Å². The van der Waals surface area contributed by atoms with Crippen molar-refractivity contribution in [2.75, 3.05) is 40.9 Å². The number of ether oxygens (including phenoxy) is 1. The van der Waals surface area contributed by atoms with Crippen molar-refractivity contribution in [3.05, 3.63) is 134 Å². The van der Waals surface area contributed by atoms with Gasteiger partial charge in [-0.3, -0.25) is 18.6 Å². The van der Waals surface area contributed by atoms with E-state index in [9.17, 15) is 19.0 Å². The third-order valence-corrected chi connectivity index (χ3v) is 13.6. The highest BCUT2D eigenvalue weighted by molar-refractivity contribution is 7.47. The van der Waals surface area contributed by atoms with E-state index in [1.807, 2.05) is 33.3 Å². The minimum absolute atomic E-state index is 0.0216. The van der Waals surface area contributed by atoms with E-state index in [1.54, 1.807) is 0 Å². The number of nitrogens with one attached hydrogen (secondary N) is 1. The molecule has 0 radical (unpaired) electrons. The largest absolute Gasteiger partial charge is 0.472 e. The predicted octanol–water partition coefficient (Wildman–Crippen LogP) is 18.9. The molecule has 2 N–H and O–H groups in total. The fraction of sp³-hybridized carbons (Fsp3) is 0.642. The summed E-state index contributed by atoms with van der Waals surface area (Å²) in [5.41, 5.74) is 0. The van der Waals surface area contributed by atoms with Crippen LogP contribution < -0.4 is 5.32 Å². The number of rotatable bonds is 53. The number of quaternary nitrogens is 1. The standard InChI is InChI=1S/C67H113N2O7P/c1-7-10-13-16-19-22-25-28-30-32-33-34-35-36-37-38-40-42-45-48-51-54-57-60-67(71)76-65(58-55-52-49-46-43-27-24-21-18-15-12-9-3)64(63-75-77(72,73)74-62-61-69(4,5)6)68-66(70)59-56-53-50-47-44-41-39-31-29-26-23-20-17-14-11-8-2/h10-11,13-14,19-20,22-23,28-31,33-34,36-37,40-42,44,55,58,64-65H,7-9,12,15-18,21,24-27,32,35,38-39,43,45-54,56-57,59-63H2,1-6H3,(H-,68,70,72,73)/p+1/b13-10-,14-11+,22-19-,23-20+,30-28-,31-29+,34-33-,37-36-,42-40-,44-41+,58-55-. The number of phosphoric ester groups is 1.